The van der Waals surface area contributed by atoms with Crippen molar-refractivity contribution in [2.24, 2.45) is 0 Å². The summed E-state index contributed by atoms with van der Waals surface area (Å²) >= 11 is 0. The maximum absolute atomic E-state index is 11.4. The van der Waals surface area contributed by atoms with Crippen LogP contribution in [0, 0.1) is 0 Å². The Bertz CT molecular complexity index is 608. The number of hydrogen-bond acceptors (Lipinski definition) is 3. The molecule has 0 heterocycles. The van der Waals surface area contributed by atoms with Crippen LogP contribution >= 0.6 is 0 Å². The van der Waals surface area contributed by atoms with Crippen molar-refractivity contribution in [2.45, 2.75) is 26.3 Å². The number of carbonyl (C=O) groups excluding carboxylic acids is 1. The number of aromatic hydroxyl groups is 1. The zero-order valence-electron chi connectivity index (χ0n) is 12.3. The zero-order valence-corrected chi connectivity index (χ0v) is 12.3. The molecule has 21 heavy (non-hydrogen) atoms. The fourth-order valence-corrected chi connectivity index (χ4v) is 2.03. The highest BCUT2D eigenvalue weighted by Crippen LogP contribution is 2.23. The summed E-state index contributed by atoms with van der Waals surface area (Å²) < 4.78 is 0. The van der Waals surface area contributed by atoms with Crippen LogP contribution in [0.5, 0.6) is 5.75 Å². The summed E-state index contributed by atoms with van der Waals surface area (Å²) in [6.07, 6.45) is 0.460. The average Bonchev–Trinajstić information content (AvgIpc) is 2.48. The minimum Gasteiger partial charge on any atom is -0.508 e. The number of amides is 1. The van der Waals surface area contributed by atoms with E-state index in [1.165, 1.54) is 0 Å². The number of hydrogen-bond donors (Lipinski definition) is 3. The van der Waals surface area contributed by atoms with E-state index in [9.17, 15) is 9.90 Å². The van der Waals surface area contributed by atoms with Crippen LogP contribution in [0.3, 0.4) is 0 Å². The third-order valence-electron chi connectivity index (χ3n) is 3.24. The minimum absolute atomic E-state index is 0.00117. The molecule has 1 atom stereocenters. The van der Waals surface area contributed by atoms with Gasteiger partial charge in [0, 0.05) is 23.8 Å². The molecule has 0 aliphatic carbocycles. The molecule has 2 aromatic carbocycles. The first-order chi connectivity index (χ1) is 10.1. The molecule has 0 aliphatic rings. The second-order valence-electron chi connectivity index (χ2n) is 4.94. The Morgan fingerprint density at radius 3 is 2.48 bits per heavy atom. The summed E-state index contributed by atoms with van der Waals surface area (Å²) in [5.74, 6) is 0.258. The number of anilines is 2. The number of benzene rings is 2. The van der Waals surface area contributed by atoms with E-state index in [2.05, 4.69) is 10.6 Å². The fraction of sp³-hybridized carbons (Fsp3) is 0.235. The molecule has 4 heteroatoms. The second kappa shape index (κ2) is 6.79. The summed E-state index contributed by atoms with van der Waals surface area (Å²) in [6, 6.07) is 14.8. The van der Waals surface area contributed by atoms with Gasteiger partial charge in [0.15, 0.2) is 0 Å². The van der Waals surface area contributed by atoms with Crippen LogP contribution < -0.4 is 10.6 Å². The van der Waals surface area contributed by atoms with Crippen molar-refractivity contribution in [3.8, 4) is 5.75 Å². The first-order valence-corrected chi connectivity index (χ1v) is 7.04. The molecular weight excluding hydrogens is 264 g/mol. The molecule has 0 spiro atoms. The van der Waals surface area contributed by atoms with Gasteiger partial charge >= 0.3 is 0 Å². The van der Waals surface area contributed by atoms with Gasteiger partial charge in [-0.1, -0.05) is 25.1 Å². The third-order valence-corrected chi connectivity index (χ3v) is 3.24. The summed E-state index contributed by atoms with van der Waals surface area (Å²) in [5.41, 5.74) is 2.80. The molecule has 0 saturated heterocycles. The molecule has 2 rings (SSSR count). The van der Waals surface area contributed by atoms with E-state index in [-0.39, 0.29) is 17.7 Å². The fourth-order valence-electron chi connectivity index (χ4n) is 2.03. The van der Waals surface area contributed by atoms with E-state index in [1.807, 2.05) is 50.2 Å². The van der Waals surface area contributed by atoms with Gasteiger partial charge in [0.1, 0.15) is 5.75 Å². The van der Waals surface area contributed by atoms with E-state index >= 15 is 0 Å². The third kappa shape index (κ3) is 4.24. The molecular formula is C17H20N2O2. The first kappa shape index (κ1) is 14.9. The normalized spacial score (nSPS) is 11.7. The topological polar surface area (TPSA) is 61.4 Å². The molecule has 0 aliphatic heterocycles. The van der Waals surface area contributed by atoms with Gasteiger partial charge in [0.25, 0.3) is 0 Å². The number of phenolic OH excluding ortho intramolecular Hbond substituents is 1. The molecule has 0 radical (unpaired) electrons. The quantitative estimate of drug-likeness (QED) is 0.780. The van der Waals surface area contributed by atoms with Crippen molar-refractivity contribution >= 4 is 17.3 Å². The van der Waals surface area contributed by atoms with Crippen molar-refractivity contribution in [1.29, 1.82) is 0 Å². The van der Waals surface area contributed by atoms with Crippen LogP contribution in [-0.4, -0.2) is 11.0 Å². The molecule has 110 valence electrons. The van der Waals surface area contributed by atoms with Gasteiger partial charge in [-0.05, 0) is 42.8 Å². The average molecular weight is 284 g/mol. The van der Waals surface area contributed by atoms with Crippen molar-refractivity contribution in [3.63, 3.8) is 0 Å². The van der Waals surface area contributed by atoms with Gasteiger partial charge in [-0.2, -0.15) is 0 Å². The summed E-state index contributed by atoms with van der Waals surface area (Å²) in [4.78, 5) is 11.4. The van der Waals surface area contributed by atoms with Gasteiger partial charge in [-0.25, -0.2) is 0 Å². The van der Waals surface area contributed by atoms with E-state index < -0.39 is 0 Å². The van der Waals surface area contributed by atoms with Crippen molar-refractivity contribution in [3.05, 3.63) is 54.1 Å². The predicted octanol–water partition coefficient (Wildman–Crippen LogP) is 3.91. The Morgan fingerprint density at radius 2 is 1.81 bits per heavy atom. The Balaban J connectivity index is 2.06. The highest BCUT2D eigenvalue weighted by Gasteiger charge is 2.06. The van der Waals surface area contributed by atoms with Crippen LogP contribution in [0.25, 0.3) is 0 Å². The Morgan fingerprint density at radius 1 is 1.14 bits per heavy atom. The van der Waals surface area contributed by atoms with E-state index in [0.29, 0.717) is 6.42 Å². The highest BCUT2D eigenvalue weighted by atomic mass is 16.3. The number of carbonyl (C=O) groups is 1. The molecule has 4 nitrogen and oxygen atoms in total. The lowest BCUT2D eigenvalue weighted by Crippen LogP contribution is -2.10. The number of nitrogens with one attached hydrogen (secondary N) is 2. The number of phenols is 1. The van der Waals surface area contributed by atoms with E-state index in [0.717, 1.165) is 16.9 Å². The van der Waals surface area contributed by atoms with Crippen molar-refractivity contribution in [1.82, 2.24) is 0 Å². The lowest BCUT2D eigenvalue weighted by atomic mass is 10.1. The van der Waals surface area contributed by atoms with E-state index in [1.54, 1.807) is 12.1 Å². The zero-order chi connectivity index (χ0) is 15.2. The smallest absolute Gasteiger partial charge is 0.224 e. The molecule has 0 bridgehead atoms. The van der Waals surface area contributed by atoms with Crippen LogP contribution in [0.2, 0.25) is 0 Å². The monoisotopic (exact) mass is 284 g/mol. The molecule has 0 saturated carbocycles. The van der Waals surface area contributed by atoms with Crippen molar-refractivity contribution < 1.29 is 9.90 Å². The molecule has 1 unspecified atom stereocenters. The molecule has 0 aromatic heterocycles. The summed E-state index contributed by atoms with van der Waals surface area (Å²) in [7, 11) is 0. The van der Waals surface area contributed by atoms with Crippen LogP contribution in [0.4, 0.5) is 11.4 Å². The largest absolute Gasteiger partial charge is 0.508 e. The van der Waals surface area contributed by atoms with Gasteiger partial charge in [-0.3, -0.25) is 4.79 Å². The second-order valence-corrected chi connectivity index (χ2v) is 4.94. The first-order valence-electron chi connectivity index (χ1n) is 7.04. The van der Waals surface area contributed by atoms with Gasteiger partial charge in [-0.15, -0.1) is 0 Å². The Kier molecular flexibility index (Phi) is 4.82. The molecule has 1 amide bonds. The van der Waals surface area contributed by atoms with E-state index in [4.69, 9.17) is 0 Å². The van der Waals surface area contributed by atoms with Crippen molar-refractivity contribution in [2.75, 3.05) is 10.6 Å². The lowest BCUT2D eigenvalue weighted by molar-refractivity contribution is -0.115. The SMILES string of the molecule is CCC(=O)Nc1cccc(NC(C)c2ccc(O)cc2)c1. The minimum atomic E-state index is -0.00117. The standard InChI is InChI=1S/C17H20N2O2/c1-3-17(21)19-15-6-4-5-14(11-15)18-12(2)13-7-9-16(20)10-8-13/h4-12,18,20H,3H2,1-2H3,(H,19,21). The molecule has 2 aromatic rings. The van der Waals surface area contributed by atoms with Gasteiger partial charge in [0.05, 0.1) is 0 Å². The Hall–Kier alpha value is -2.49. The summed E-state index contributed by atoms with van der Waals surface area (Å²) in [6.45, 7) is 3.87. The van der Waals surface area contributed by atoms with Gasteiger partial charge < -0.3 is 15.7 Å². The highest BCUT2D eigenvalue weighted by molar-refractivity contribution is 5.90. The molecule has 0 fully saturated rings. The lowest BCUT2D eigenvalue weighted by Gasteiger charge is -2.16. The predicted molar refractivity (Wildman–Crippen MR) is 85.5 cm³/mol. The molecule has 3 N–H and O–H groups in total. The van der Waals surface area contributed by atoms with Crippen LogP contribution in [-0.2, 0) is 4.79 Å². The van der Waals surface area contributed by atoms with Crippen LogP contribution in [0.15, 0.2) is 48.5 Å². The summed E-state index contributed by atoms with van der Waals surface area (Å²) in [5, 5.41) is 15.5. The maximum Gasteiger partial charge on any atom is 0.224 e. The number of rotatable bonds is 5. The van der Waals surface area contributed by atoms with Gasteiger partial charge in [0.2, 0.25) is 5.91 Å². The maximum atomic E-state index is 11.4. The van der Waals surface area contributed by atoms with Crippen LogP contribution in [0.1, 0.15) is 31.9 Å². The Labute approximate surface area is 124 Å².